The van der Waals surface area contributed by atoms with Gasteiger partial charge >= 0.3 is 12.2 Å². The predicted molar refractivity (Wildman–Crippen MR) is 104 cm³/mol. The van der Waals surface area contributed by atoms with Gasteiger partial charge in [-0.3, -0.25) is 0 Å². The number of rotatable bonds is 6. The Morgan fingerprint density at radius 3 is 2.41 bits per heavy atom. The molecule has 0 spiro atoms. The first kappa shape index (κ1) is 21.0. The summed E-state index contributed by atoms with van der Waals surface area (Å²) in [4.78, 5) is 16.8. The smallest absolute Gasteiger partial charge is 0.378 e. The van der Waals surface area contributed by atoms with Crippen LogP contribution in [0, 0.1) is 0 Å². The Labute approximate surface area is 160 Å². The van der Waals surface area contributed by atoms with Gasteiger partial charge in [0.2, 0.25) is 0 Å². The molecule has 5 nitrogen and oxygen atoms in total. The van der Waals surface area contributed by atoms with Crippen LogP contribution < -0.4 is 15.5 Å². The number of carbonyl (C=O) groups excluding carboxylic acids is 1. The zero-order chi connectivity index (χ0) is 20.2. The Morgan fingerprint density at radius 1 is 1.19 bits per heavy atom. The Hall–Kier alpha value is -2.26. The molecule has 1 atom stereocenters. The van der Waals surface area contributed by atoms with Crippen LogP contribution in [0.15, 0.2) is 35.7 Å². The Kier molecular flexibility index (Phi) is 6.72. The first-order chi connectivity index (χ1) is 12.6. The lowest BCUT2D eigenvalue weighted by Crippen LogP contribution is -2.37. The molecule has 0 saturated carbocycles. The maximum Gasteiger partial charge on any atom is 0.418 e. The third-order valence-corrected chi connectivity index (χ3v) is 5.00. The summed E-state index contributed by atoms with van der Waals surface area (Å²) in [6.45, 7) is 0.274. The van der Waals surface area contributed by atoms with Crippen LogP contribution in [0.5, 0.6) is 0 Å². The van der Waals surface area contributed by atoms with E-state index in [-0.39, 0.29) is 18.3 Å². The van der Waals surface area contributed by atoms with Gasteiger partial charge in [-0.15, -0.1) is 11.3 Å². The number of hydrogen-bond acceptors (Lipinski definition) is 4. The molecule has 1 unspecified atom stereocenters. The lowest BCUT2D eigenvalue weighted by atomic mass is 10.1. The van der Waals surface area contributed by atoms with E-state index in [1.807, 2.05) is 36.5 Å². The fourth-order valence-electron chi connectivity index (χ4n) is 2.53. The Morgan fingerprint density at radius 2 is 1.89 bits per heavy atom. The van der Waals surface area contributed by atoms with Crippen molar-refractivity contribution < 1.29 is 18.0 Å². The van der Waals surface area contributed by atoms with Crippen LogP contribution in [-0.2, 0) is 6.18 Å². The Bertz CT molecular complexity index is 760. The highest BCUT2D eigenvalue weighted by molar-refractivity contribution is 7.10. The van der Waals surface area contributed by atoms with Crippen molar-refractivity contribution in [3.8, 4) is 0 Å². The maximum atomic E-state index is 13.4. The van der Waals surface area contributed by atoms with E-state index in [9.17, 15) is 18.0 Å². The monoisotopic (exact) mass is 400 g/mol. The lowest BCUT2D eigenvalue weighted by molar-refractivity contribution is -0.136. The normalized spacial score (nSPS) is 12.7. The van der Waals surface area contributed by atoms with Gasteiger partial charge < -0.3 is 20.4 Å². The van der Waals surface area contributed by atoms with Crippen LogP contribution in [0.4, 0.5) is 29.3 Å². The van der Waals surface area contributed by atoms with Crippen molar-refractivity contribution in [2.75, 3.05) is 45.0 Å². The quantitative estimate of drug-likeness (QED) is 0.762. The average Bonchev–Trinajstić information content (AvgIpc) is 3.08. The number of carbonyl (C=O) groups is 1. The fraction of sp³-hybridized carbons (Fsp3) is 0.389. The van der Waals surface area contributed by atoms with Gasteiger partial charge in [0.15, 0.2) is 0 Å². The van der Waals surface area contributed by atoms with Crippen LogP contribution in [0.25, 0.3) is 0 Å². The van der Waals surface area contributed by atoms with Crippen LogP contribution in [0.2, 0.25) is 0 Å². The first-order valence-corrected chi connectivity index (χ1v) is 9.11. The largest absolute Gasteiger partial charge is 0.418 e. The number of hydrogen-bond donors (Lipinski definition) is 2. The van der Waals surface area contributed by atoms with Gasteiger partial charge in [0.05, 0.1) is 17.3 Å². The van der Waals surface area contributed by atoms with E-state index < -0.39 is 17.8 Å². The number of nitrogens with one attached hydrogen (secondary N) is 2. The minimum atomic E-state index is -4.57. The summed E-state index contributed by atoms with van der Waals surface area (Å²) in [5.74, 6) is 0. The molecule has 0 saturated heterocycles. The highest BCUT2D eigenvalue weighted by Crippen LogP contribution is 2.37. The van der Waals surface area contributed by atoms with Gasteiger partial charge in [0, 0.05) is 31.2 Å². The predicted octanol–water partition coefficient (Wildman–Crippen LogP) is 4.26. The molecule has 2 rings (SSSR count). The highest BCUT2D eigenvalue weighted by atomic mass is 32.1. The van der Waals surface area contributed by atoms with Gasteiger partial charge in [-0.25, -0.2) is 4.79 Å². The number of nitrogens with zero attached hydrogens (tertiary/aromatic N) is 2. The summed E-state index contributed by atoms with van der Waals surface area (Å²) < 4.78 is 40.1. The van der Waals surface area contributed by atoms with E-state index in [0.717, 1.165) is 10.9 Å². The molecule has 0 aliphatic carbocycles. The third kappa shape index (κ3) is 5.61. The lowest BCUT2D eigenvalue weighted by Gasteiger charge is -2.24. The van der Waals surface area contributed by atoms with Gasteiger partial charge in [-0.05, 0) is 43.7 Å². The van der Waals surface area contributed by atoms with Gasteiger partial charge in [0.25, 0.3) is 0 Å². The van der Waals surface area contributed by atoms with E-state index in [2.05, 4.69) is 10.6 Å². The van der Waals surface area contributed by atoms with Crippen molar-refractivity contribution in [2.45, 2.75) is 12.2 Å². The summed E-state index contributed by atoms with van der Waals surface area (Å²) in [6, 6.07) is 6.94. The summed E-state index contributed by atoms with van der Waals surface area (Å²) in [5, 5.41) is 6.91. The summed E-state index contributed by atoms with van der Waals surface area (Å²) >= 11 is 1.56. The SMILES string of the molecule is CN(C)c1ccc(NC(=O)NCC(c2cccs2)N(C)C)c(C(F)(F)F)c1. The summed E-state index contributed by atoms with van der Waals surface area (Å²) in [7, 11) is 7.07. The number of likely N-dealkylation sites (N-methyl/N-ethyl adjacent to an activating group) is 1. The van der Waals surface area contributed by atoms with Crippen molar-refractivity contribution in [2.24, 2.45) is 0 Å². The second-order valence-corrected chi connectivity index (χ2v) is 7.43. The van der Waals surface area contributed by atoms with E-state index in [1.165, 1.54) is 12.1 Å². The van der Waals surface area contributed by atoms with Crippen molar-refractivity contribution in [3.63, 3.8) is 0 Å². The summed E-state index contributed by atoms with van der Waals surface area (Å²) in [6.07, 6.45) is -4.57. The van der Waals surface area contributed by atoms with Gasteiger partial charge in [-0.1, -0.05) is 6.07 Å². The highest BCUT2D eigenvalue weighted by Gasteiger charge is 2.34. The molecule has 0 radical (unpaired) electrons. The number of benzene rings is 1. The zero-order valence-corrected chi connectivity index (χ0v) is 16.4. The molecule has 9 heteroatoms. The van der Waals surface area contributed by atoms with E-state index in [4.69, 9.17) is 0 Å². The topological polar surface area (TPSA) is 47.6 Å². The van der Waals surface area contributed by atoms with E-state index in [0.29, 0.717) is 5.69 Å². The molecule has 2 amide bonds. The van der Waals surface area contributed by atoms with Crippen LogP contribution in [-0.4, -0.2) is 45.7 Å². The molecule has 148 valence electrons. The van der Waals surface area contributed by atoms with Gasteiger partial charge in [-0.2, -0.15) is 13.2 Å². The van der Waals surface area contributed by atoms with Crippen LogP contribution in [0.3, 0.4) is 0 Å². The summed E-state index contributed by atoms with van der Waals surface area (Å²) in [5.41, 5.74) is -0.756. The van der Waals surface area contributed by atoms with Crippen molar-refractivity contribution in [3.05, 3.63) is 46.2 Å². The zero-order valence-electron chi connectivity index (χ0n) is 15.6. The van der Waals surface area contributed by atoms with E-state index in [1.54, 1.807) is 30.3 Å². The second kappa shape index (κ2) is 8.62. The number of halogens is 3. The molecule has 1 heterocycles. The van der Waals surface area contributed by atoms with Crippen molar-refractivity contribution >= 4 is 28.7 Å². The van der Waals surface area contributed by atoms with Crippen molar-refractivity contribution in [1.82, 2.24) is 10.2 Å². The molecule has 0 bridgehead atoms. The van der Waals surface area contributed by atoms with Crippen molar-refractivity contribution in [1.29, 1.82) is 0 Å². The molecular weight excluding hydrogens is 377 g/mol. The van der Waals surface area contributed by atoms with Gasteiger partial charge in [0.1, 0.15) is 0 Å². The minimum Gasteiger partial charge on any atom is -0.378 e. The number of thiophene rings is 1. The first-order valence-electron chi connectivity index (χ1n) is 8.23. The minimum absolute atomic E-state index is 0.0612. The Balaban J connectivity index is 2.11. The molecular formula is C18H23F3N4OS. The molecule has 1 aromatic heterocycles. The van der Waals surface area contributed by atoms with E-state index >= 15 is 0 Å². The molecule has 1 aromatic carbocycles. The average molecular weight is 400 g/mol. The molecule has 0 aliphatic rings. The fourth-order valence-corrected chi connectivity index (χ4v) is 3.45. The standard InChI is InChI=1S/C18H23F3N4OS/c1-24(2)12-7-8-14(13(10-12)18(19,20)21)23-17(26)22-11-15(25(3)4)16-6-5-9-27-16/h5-10,15H,11H2,1-4H3,(H2,22,23,26). The molecule has 0 fully saturated rings. The molecule has 27 heavy (non-hydrogen) atoms. The molecule has 0 aliphatic heterocycles. The molecule has 2 aromatic rings. The number of amides is 2. The third-order valence-electron chi connectivity index (χ3n) is 4.02. The van der Waals surface area contributed by atoms with Crippen LogP contribution >= 0.6 is 11.3 Å². The second-order valence-electron chi connectivity index (χ2n) is 6.45. The van der Waals surface area contributed by atoms with Crippen LogP contribution in [0.1, 0.15) is 16.5 Å². The number of alkyl halides is 3. The maximum absolute atomic E-state index is 13.4. The number of anilines is 2. The number of urea groups is 1. The molecule has 2 N–H and O–H groups in total.